The summed E-state index contributed by atoms with van der Waals surface area (Å²) in [5, 5.41) is 12.1. The van der Waals surface area contributed by atoms with Crippen LogP contribution in [0, 0.1) is 0 Å². The van der Waals surface area contributed by atoms with Gasteiger partial charge in [-0.2, -0.15) is 39.5 Å². The molecule has 1 aliphatic heterocycles. The summed E-state index contributed by atoms with van der Waals surface area (Å²) in [7, 11) is 0.713. The van der Waals surface area contributed by atoms with E-state index in [0.717, 1.165) is 0 Å². The molecule has 2 unspecified atom stereocenters. The third-order valence-corrected chi connectivity index (χ3v) is 5.88. The third kappa shape index (κ3) is 6.33. The van der Waals surface area contributed by atoms with Gasteiger partial charge in [-0.3, -0.25) is 4.90 Å². The Bertz CT molecular complexity index is 1400. The van der Waals surface area contributed by atoms with E-state index >= 15 is 0 Å². The molecular formula is C24H20F9N2O4-. The molecule has 214 valence electrons. The molecule has 2 aromatic carbocycles. The van der Waals surface area contributed by atoms with Gasteiger partial charge in [0.1, 0.15) is 6.09 Å². The lowest BCUT2D eigenvalue weighted by molar-refractivity contribution is -0.247. The van der Waals surface area contributed by atoms with Crippen LogP contribution in [-0.2, 0) is 29.8 Å². The summed E-state index contributed by atoms with van der Waals surface area (Å²) in [6, 6.07) is -2.80. The summed E-state index contributed by atoms with van der Waals surface area (Å²) in [5.41, 5.74) is -7.36. The lowest BCUT2D eigenvalue weighted by Crippen LogP contribution is -2.52. The van der Waals surface area contributed by atoms with E-state index in [4.69, 9.17) is 6.85 Å². The monoisotopic (exact) mass is 576 g/mol. The summed E-state index contributed by atoms with van der Waals surface area (Å²) in [4.78, 5) is 25.4. The summed E-state index contributed by atoms with van der Waals surface area (Å²) < 4.78 is 166. The minimum Gasteiger partial charge on any atom is -0.530 e. The van der Waals surface area contributed by atoms with Crippen molar-refractivity contribution in [2.75, 3.05) is 12.0 Å². The van der Waals surface area contributed by atoms with Crippen LogP contribution in [0.2, 0.25) is 0 Å². The molecule has 0 aromatic heterocycles. The molecule has 15 heteroatoms. The standard InChI is InChI=1S/C24H21F9N2O4/c1-3-16-10-19(17-9-13(22(25,26)27)4-5-18(17)35(16)20(36)37)34(21(38)39-2)11-12-6-14(23(28,29)30)8-15(7-12)24(31,32)33/h4-9,16,19H,3,10-11H2,1-2H3,(H,36,37)/p-1/i1D3,3D2. The van der Waals surface area contributed by atoms with E-state index in [-0.39, 0.29) is 23.1 Å². The summed E-state index contributed by atoms with van der Waals surface area (Å²) in [6.07, 6.45) is -24.1. The molecule has 1 heterocycles. The Kier molecular flexibility index (Phi) is 6.26. The zero-order valence-electron chi connectivity index (χ0n) is 24.5. The highest BCUT2D eigenvalue weighted by Crippen LogP contribution is 2.45. The van der Waals surface area contributed by atoms with Gasteiger partial charge in [0.15, 0.2) is 0 Å². The first-order valence-electron chi connectivity index (χ1n) is 13.1. The first-order valence-corrected chi connectivity index (χ1v) is 10.6. The average Bonchev–Trinajstić information content (AvgIpc) is 2.87. The van der Waals surface area contributed by atoms with Gasteiger partial charge in [0.25, 0.3) is 0 Å². The molecule has 0 aliphatic carbocycles. The van der Waals surface area contributed by atoms with Crippen molar-refractivity contribution in [3.63, 3.8) is 0 Å². The maximum atomic E-state index is 13.7. The predicted molar refractivity (Wildman–Crippen MR) is 115 cm³/mol. The summed E-state index contributed by atoms with van der Waals surface area (Å²) in [6.45, 7) is -4.80. The molecule has 1 aliphatic rings. The van der Waals surface area contributed by atoms with Crippen LogP contribution < -0.4 is 10.0 Å². The number of methoxy groups -OCH3 is 1. The Morgan fingerprint density at radius 1 is 1.00 bits per heavy atom. The van der Waals surface area contributed by atoms with Crippen molar-refractivity contribution < 1.29 is 65.8 Å². The van der Waals surface area contributed by atoms with Crippen LogP contribution in [-0.4, -0.2) is 30.2 Å². The lowest BCUT2D eigenvalue weighted by Gasteiger charge is -2.45. The topological polar surface area (TPSA) is 72.9 Å². The van der Waals surface area contributed by atoms with E-state index in [1.807, 2.05) is 0 Å². The molecule has 2 amide bonds. The Labute approximate surface area is 222 Å². The normalized spacial score (nSPS) is 20.6. The second-order valence-corrected chi connectivity index (χ2v) is 8.33. The Morgan fingerprint density at radius 2 is 1.56 bits per heavy atom. The van der Waals surface area contributed by atoms with Crippen LogP contribution in [0.4, 0.5) is 54.8 Å². The van der Waals surface area contributed by atoms with E-state index in [0.29, 0.717) is 30.2 Å². The van der Waals surface area contributed by atoms with E-state index in [2.05, 4.69) is 4.74 Å². The number of carbonyl (C=O) groups is 2. The fraction of sp³-hybridized carbons (Fsp3) is 0.417. The molecule has 39 heavy (non-hydrogen) atoms. The minimum absolute atomic E-state index is 0.0415. The van der Waals surface area contributed by atoms with Crippen molar-refractivity contribution >= 4 is 17.9 Å². The zero-order chi connectivity index (χ0) is 33.8. The maximum Gasteiger partial charge on any atom is 0.416 e. The van der Waals surface area contributed by atoms with Gasteiger partial charge in [-0.05, 0) is 60.3 Å². The molecule has 0 radical (unpaired) electrons. The first-order chi connectivity index (χ1) is 19.8. The van der Waals surface area contributed by atoms with Crippen molar-refractivity contribution in [1.82, 2.24) is 4.90 Å². The second kappa shape index (κ2) is 10.5. The number of nitrogens with zero attached hydrogens (tertiary/aromatic N) is 2. The fourth-order valence-corrected chi connectivity index (χ4v) is 4.20. The van der Waals surface area contributed by atoms with Crippen LogP contribution >= 0.6 is 0 Å². The highest BCUT2D eigenvalue weighted by molar-refractivity contribution is 5.88. The lowest BCUT2D eigenvalue weighted by atomic mass is 9.87. The highest BCUT2D eigenvalue weighted by Gasteiger charge is 2.41. The summed E-state index contributed by atoms with van der Waals surface area (Å²) >= 11 is 0. The number of rotatable bonds is 4. The van der Waals surface area contributed by atoms with Gasteiger partial charge < -0.3 is 19.5 Å². The molecule has 0 saturated carbocycles. The third-order valence-electron chi connectivity index (χ3n) is 5.88. The number of hydrogen-bond acceptors (Lipinski definition) is 4. The molecule has 0 fully saturated rings. The van der Waals surface area contributed by atoms with Crippen LogP contribution in [0.5, 0.6) is 0 Å². The van der Waals surface area contributed by atoms with Crippen molar-refractivity contribution in [2.24, 2.45) is 0 Å². The SMILES string of the molecule is [2H]C([2H])([2H])C([2H])([2H])C1CC(N(Cc2cc(C(F)(F)F)cc(C(F)(F)F)c2)C(=O)OC)c2cc(C(F)(F)F)ccc2N1C(=O)[O-]. The Balaban J connectivity index is 2.34. The van der Waals surface area contributed by atoms with Crippen LogP contribution in [0.25, 0.3) is 0 Å². The van der Waals surface area contributed by atoms with E-state index in [9.17, 15) is 54.2 Å². The molecule has 0 N–H and O–H groups in total. The van der Waals surface area contributed by atoms with Gasteiger partial charge in [-0.25, -0.2) is 4.79 Å². The van der Waals surface area contributed by atoms with Crippen molar-refractivity contribution in [3.05, 3.63) is 64.2 Å². The number of fused-ring (bicyclic) bond motifs is 1. The molecule has 6 nitrogen and oxygen atoms in total. The molecule has 0 bridgehead atoms. The molecular weight excluding hydrogens is 551 g/mol. The number of halogens is 9. The Morgan fingerprint density at radius 3 is 2.03 bits per heavy atom. The maximum absolute atomic E-state index is 13.7. The number of anilines is 1. The van der Waals surface area contributed by atoms with Gasteiger partial charge in [0, 0.05) is 25.1 Å². The van der Waals surface area contributed by atoms with E-state index < -0.39 is 102 Å². The number of amides is 2. The molecule has 2 atom stereocenters. The number of carboxylic acid groups (broad SMARTS) is 1. The van der Waals surface area contributed by atoms with Crippen molar-refractivity contribution in [2.45, 2.75) is 56.8 Å². The van der Waals surface area contributed by atoms with Gasteiger partial charge in [-0.1, -0.05) is 6.85 Å². The fourth-order valence-electron chi connectivity index (χ4n) is 4.20. The van der Waals surface area contributed by atoms with Gasteiger partial charge in [0.05, 0.1) is 29.8 Å². The Hall–Kier alpha value is -3.65. The highest BCUT2D eigenvalue weighted by atomic mass is 19.4. The molecule has 0 saturated heterocycles. The smallest absolute Gasteiger partial charge is 0.416 e. The van der Waals surface area contributed by atoms with Crippen molar-refractivity contribution in [1.29, 1.82) is 0 Å². The largest absolute Gasteiger partial charge is 0.530 e. The summed E-state index contributed by atoms with van der Waals surface area (Å²) in [5.74, 6) is 0. The van der Waals surface area contributed by atoms with Gasteiger partial charge >= 0.3 is 24.6 Å². The molecule has 3 rings (SSSR count). The van der Waals surface area contributed by atoms with Crippen LogP contribution in [0.1, 0.15) is 60.4 Å². The number of ether oxygens (including phenoxy) is 1. The predicted octanol–water partition coefficient (Wildman–Crippen LogP) is 6.38. The van der Waals surface area contributed by atoms with Gasteiger partial charge in [0.2, 0.25) is 0 Å². The van der Waals surface area contributed by atoms with Gasteiger partial charge in [-0.15, -0.1) is 0 Å². The number of benzene rings is 2. The zero-order valence-corrected chi connectivity index (χ0v) is 19.5. The first kappa shape index (κ1) is 23.3. The number of carbonyl (C=O) groups excluding carboxylic acids is 2. The minimum atomic E-state index is -5.32. The van der Waals surface area contributed by atoms with E-state index in [1.54, 1.807) is 0 Å². The average molecular weight is 576 g/mol. The van der Waals surface area contributed by atoms with E-state index in [1.165, 1.54) is 0 Å². The number of hydrogen-bond donors (Lipinski definition) is 0. The molecule has 0 spiro atoms. The van der Waals surface area contributed by atoms with Crippen LogP contribution in [0.15, 0.2) is 36.4 Å². The number of alkyl halides is 9. The van der Waals surface area contributed by atoms with Crippen molar-refractivity contribution in [3.8, 4) is 0 Å². The van der Waals surface area contributed by atoms with Crippen LogP contribution in [0.3, 0.4) is 0 Å². The second-order valence-electron chi connectivity index (χ2n) is 8.33. The quantitative estimate of drug-likeness (QED) is 0.396. The molecule has 2 aromatic rings.